The monoisotopic (exact) mass is 468 g/mol. The van der Waals surface area contributed by atoms with E-state index >= 15 is 0 Å². The Bertz CT molecular complexity index is 1280. The highest BCUT2D eigenvalue weighted by atomic mass is 35.5. The lowest BCUT2D eigenvalue weighted by atomic mass is 10.3. The number of nitrogens with one attached hydrogen (secondary N) is 1. The molecule has 0 fully saturated rings. The Balaban J connectivity index is 1.80. The molecule has 8 nitrogen and oxygen atoms in total. The molecule has 0 unspecified atom stereocenters. The number of sulfone groups is 1. The number of halogens is 1. The standard InChI is InChI=1S/C17H13ClN4O4S3/c1-2-6-22-12-4-3-11(18)8-13(12)28-17(22)21-15(24)10-29(25,26)9-14(23)20-16-19-5-7-27-16/h1,3-5,7-8H,6,9-10H2,(H,19,20,23). The van der Waals surface area contributed by atoms with Crippen LogP contribution >= 0.6 is 34.3 Å². The first-order valence-electron chi connectivity index (χ1n) is 7.97. The summed E-state index contributed by atoms with van der Waals surface area (Å²) in [5.41, 5.74) is 0.731. The Hall–Kier alpha value is -2.52. The summed E-state index contributed by atoms with van der Waals surface area (Å²) in [6.45, 7) is 0.150. The van der Waals surface area contributed by atoms with Crippen LogP contribution < -0.4 is 10.1 Å². The zero-order valence-corrected chi connectivity index (χ0v) is 17.9. The molecule has 0 saturated carbocycles. The molecule has 3 aromatic rings. The molecule has 0 aliphatic carbocycles. The van der Waals surface area contributed by atoms with Crippen molar-refractivity contribution in [1.82, 2.24) is 9.55 Å². The summed E-state index contributed by atoms with van der Waals surface area (Å²) in [4.78, 5) is 32.1. The minimum atomic E-state index is -4.01. The normalized spacial score (nSPS) is 12.1. The molecule has 2 amide bonds. The first-order chi connectivity index (χ1) is 13.8. The zero-order chi connectivity index (χ0) is 21.0. The molecule has 29 heavy (non-hydrogen) atoms. The van der Waals surface area contributed by atoms with Gasteiger partial charge in [0.05, 0.1) is 16.8 Å². The second kappa shape index (κ2) is 8.87. The van der Waals surface area contributed by atoms with Crippen molar-refractivity contribution in [2.75, 3.05) is 16.8 Å². The van der Waals surface area contributed by atoms with E-state index in [1.54, 1.807) is 28.1 Å². The average molecular weight is 469 g/mol. The molecule has 0 aliphatic rings. The van der Waals surface area contributed by atoms with Gasteiger partial charge in [-0.3, -0.25) is 9.59 Å². The van der Waals surface area contributed by atoms with Gasteiger partial charge in [-0.1, -0.05) is 28.9 Å². The highest BCUT2D eigenvalue weighted by Gasteiger charge is 2.21. The number of nitrogens with zero attached hydrogens (tertiary/aromatic N) is 3. The number of terminal acetylenes is 1. The first kappa shape index (κ1) is 21.2. The fraction of sp³-hybridized carbons (Fsp3) is 0.176. The van der Waals surface area contributed by atoms with Crippen LogP contribution in [0.15, 0.2) is 34.8 Å². The zero-order valence-electron chi connectivity index (χ0n) is 14.7. The van der Waals surface area contributed by atoms with E-state index in [9.17, 15) is 18.0 Å². The molecule has 12 heteroatoms. The Labute approximate surface area is 178 Å². The minimum Gasteiger partial charge on any atom is -0.305 e. The van der Waals surface area contributed by atoms with Gasteiger partial charge in [-0.05, 0) is 18.2 Å². The molecule has 0 saturated heterocycles. The number of carbonyl (C=O) groups is 2. The Morgan fingerprint density at radius 2 is 2.14 bits per heavy atom. The summed E-state index contributed by atoms with van der Waals surface area (Å²) in [6.07, 6.45) is 6.86. The number of anilines is 1. The number of benzene rings is 1. The van der Waals surface area contributed by atoms with E-state index in [0.717, 1.165) is 32.9 Å². The number of thiazole rings is 2. The van der Waals surface area contributed by atoms with Crippen molar-refractivity contribution in [1.29, 1.82) is 0 Å². The smallest absolute Gasteiger partial charge is 0.263 e. The van der Waals surface area contributed by atoms with Crippen LogP contribution in [0.5, 0.6) is 0 Å². The molecule has 0 spiro atoms. The molecule has 0 atom stereocenters. The Kier molecular flexibility index (Phi) is 6.49. The quantitative estimate of drug-likeness (QED) is 0.556. The van der Waals surface area contributed by atoms with Gasteiger partial charge in [0, 0.05) is 16.6 Å². The summed E-state index contributed by atoms with van der Waals surface area (Å²) in [5, 5.41) is 4.79. The molecular weight excluding hydrogens is 456 g/mol. The number of amides is 2. The number of hydrogen-bond donors (Lipinski definition) is 1. The van der Waals surface area contributed by atoms with E-state index in [2.05, 4.69) is 21.2 Å². The summed E-state index contributed by atoms with van der Waals surface area (Å²) < 4.78 is 26.7. The van der Waals surface area contributed by atoms with Crippen LogP contribution in [0.3, 0.4) is 0 Å². The molecule has 2 aromatic heterocycles. The predicted molar refractivity (Wildman–Crippen MR) is 114 cm³/mol. The summed E-state index contributed by atoms with van der Waals surface area (Å²) in [5.74, 6) is -0.936. The number of carbonyl (C=O) groups excluding carboxylic acids is 2. The number of hydrogen-bond acceptors (Lipinski definition) is 7. The number of rotatable bonds is 6. The second-order valence-electron chi connectivity index (χ2n) is 5.71. The fourth-order valence-electron chi connectivity index (χ4n) is 2.39. The van der Waals surface area contributed by atoms with E-state index in [0.29, 0.717) is 5.02 Å². The van der Waals surface area contributed by atoms with E-state index in [4.69, 9.17) is 18.0 Å². The van der Waals surface area contributed by atoms with Gasteiger partial charge in [0.1, 0.15) is 11.5 Å². The van der Waals surface area contributed by atoms with Crippen molar-refractivity contribution in [3.8, 4) is 12.3 Å². The van der Waals surface area contributed by atoms with Crippen LogP contribution in [0.4, 0.5) is 5.13 Å². The second-order valence-corrected chi connectivity index (χ2v) is 10.1. The van der Waals surface area contributed by atoms with E-state index < -0.39 is 33.2 Å². The van der Waals surface area contributed by atoms with Crippen LogP contribution in [-0.2, 0) is 26.0 Å². The van der Waals surface area contributed by atoms with Crippen LogP contribution in [0.25, 0.3) is 10.2 Å². The first-order valence-corrected chi connectivity index (χ1v) is 11.9. The highest BCUT2D eigenvalue weighted by Crippen LogP contribution is 2.21. The van der Waals surface area contributed by atoms with Crippen LogP contribution in [0, 0.1) is 12.3 Å². The number of fused-ring (bicyclic) bond motifs is 1. The molecule has 1 N–H and O–H groups in total. The van der Waals surface area contributed by atoms with Crippen LogP contribution in [0.1, 0.15) is 0 Å². The third-order valence-corrected chi connectivity index (χ3v) is 6.84. The van der Waals surface area contributed by atoms with E-state index in [1.807, 2.05) is 0 Å². The van der Waals surface area contributed by atoms with Gasteiger partial charge in [0.15, 0.2) is 19.8 Å². The van der Waals surface area contributed by atoms with Crippen molar-refractivity contribution in [2.24, 2.45) is 4.99 Å². The third-order valence-electron chi connectivity index (χ3n) is 3.49. The highest BCUT2D eigenvalue weighted by molar-refractivity contribution is 7.92. The molecule has 0 aliphatic heterocycles. The maximum Gasteiger partial charge on any atom is 0.263 e. The Morgan fingerprint density at radius 3 is 2.83 bits per heavy atom. The maximum absolute atomic E-state index is 12.3. The van der Waals surface area contributed by atoms with Crippen LogP contribution in [0.2, 0.25) is 5.02 Å². The van der Waals surface area contributed by atoms with Gasteiger partial charge < -0.3 is 9.88 Å². The van der Waals surface area contributed by atoms with Crippen molar-refractivity contribution in [3.05, 3.63) is 39.6 Å². The molecule has 2 heterocycles. The van der Waals surface area contributed by atoms with Gasteiger partial charge in [0.2, 0.25) is 5.91 Å². The number of aromatic nitrogens is 2. The molecule has 1 aromatic carbocycles. The van der Waals surface area contributed by atoms with Crippen molar-refractivity contribution >= 4 is 71.3 Å². The lowest BCUT2D eigenvalue weighted by Crippen LogP contribution is -2.28. The average Bonchev–Trinajstić information content (AvgIpc) is 3.22. The minimum absolute atomic E-state index is 0.150. The lowest BCUT2D eigenvalue weighted by Gasteiger charge is -2.02. The predicted octanol–water partition coefficient (Wildman–Crippen LogP) is 1.93. The van der Waals surface area contributed by atoms with Crippen molar-refractivity contribution in [2.45, 2.75) is 6.54 Å². The molecule has 3 rings (SSSR count). The molecule has 0 radical (unpaired) electrons. The maximum atomic E-state index is 12.3. The third kappa shape index (κ3) is 5.51. The molecule has 0 bridgehead atoms. The fourth-order valence-corrected chi connectivity index (χ4v) is 5.28. The molecule has 150 valence electrons. The van der Waals surface area contributed by atoms with Gasteiger partial charge >= 0.3 is 0 Å². The van der Waals surface area contributed by atoms with Gasteiger partial charge in [-0.15, -0.1) is 17.8 Å². The van der Waals surface area contributed by atoms with Gasteiger partial charge in [-0.2, -0.15) is 4.99 Å². The topological polar surface area (TPSA) is 110 Å². The Morgan fingerprint density at radius 1 is 1.34 bits per heavy atom. The van der Waals surface area contributed by atoms with Crippen molar-refractivity contribution in [3.63, 3.8) is 0 Å². The van der Waals surface area contributed by atoms with Gasteiger partial charge in [0.25, 0.3) is 5.91 Å². The lowest BCUT2D eigenvalue weighted by molar-refractivity contribution is -0.115. The van der Waals surface area contributed by atoms with E-state index in [1.165, 1.54) is 6.20 Å². The summed E-state index contributed by atoms with van der Waals surface area (Å²) >= 11 is 8.30. The van der Waals surface area contributed by atoms with Gasteiger partial charge in [-0.25, -0.2) is 13.4 Å². The van der Waals surface area contributed by atoms with E-state index in [-0.39, 0.29) is 16.5 Å². The van der Waals surface area contributed by atoms with Crippen LogP contribution in [-0.4, -0.2) is 41.3 Å². The summed E-state index contributed by atoms with van der Waals surface area (Å²) in [6, 6.07) is 5.13. The summed E-state index contributed by atoms with van der Waals surface area (Å²) in [7, 11) is -4.01. The molecular formula is C17H13ClN4O4S3. The van der Waals surface area contributed by atoms with Crippen molar-refractivity contribution < 1.29 is 18.0 Å². The SMILES string of the molecule is C#CCn1c(=NC(=O)CS(=O)(=O)CC(=O)Nc2nccs2)sc2cc(Cl)ccc21. The largest absolute Gasteiger partial charge is 0.305 e.